The average Bonchev–Trinajstić information content (AvgIpc) is 3.14. The first-order chi connectivity index (χ1) is 8.68. The topological polar surface area (TPSA) is 55.2 Å². The van der Waals surface area contributed by atoms with Crippen LogP contribution in [0.2, 0.25) is 0 Å². The lowest BCUT2D eigenvalue weighted by Gasteiger charge is -2.06. The highest BCUT2D eigenvalue weighted by atomic mass is 19.1. The van der Waals surface area contributed by atoms with Crippen LogP contribution in [0.25, 0.3) is 0 Å². The van der Waals surface area contributed by atoms with Crippen LogP contribution in [0.15, 0.2) is 18.2 Å². The molecule has 1 saturated carbocycles. The zero-order valence-electron chi connectivity index (χ0n) is 10.2. The van der Waals surface area contributed by atoms with Crippen LogP contribution in [0.5, 0.6) is 0 Å². The number of hydrogen-bond donors (Lipinski definition) is 1. The molecule has 0 unspecified atom stereocenters. The largest absolute Gasteiger partial charge is 0.313 e. The van der Waals surface area contributed by atoms with Gasteiger partial charge in [0.05, 0.1) is 4.92 Å². The Morgan fingerprint density at radius 1 is 1.44 bits per heavy atom. The highest BCUT2D eigenvalue weighted by Gasteiger charge is 2.20. The van der Waals surface area contributed by atoms with Crippen molar-refractivity contribution in [3.05, 3.63) is 39.7 Å². The number of nitro benzene ring substituents is 1. The molecule has 1 N–H and O–H groups in total. The van der Waals surface area contributed by atoms with E-state index in [2.05, 4.69) is 5.32 Å². The van der Waals surface area contributed by atoms with E-state index < -0.39 is 16.4 Å². The molecule has 0 aliphatic heterocycles. The van der Waals surface area contributed by atoms with Gasteiger partial charge in [0.25, 0.3) is 0 Å². The lowest BCUT2D eigenvalue weighted by atomic mass is 10.1. The number of nitrogens with zero attached hydrogens (tertiary/aromatic N) is 1. The molecule has 18 heavy (non-hydrogen) atoms. The molecule has 1 fully saturated rings. The fourth-order valence-electron chi connectivity index (χ4n) is 1.99. The predicted octanol–water partition coefficient (Wildman–Crippen LogP) is 3.01. The monoisotopic (exact) mass is 252 g/mol. The summed E-state index contributed by atoms with van der Waals surface area (Å²) in [4.78, 5) is 9.89. The van der Waals surface area contributed by atoms with Gasteiger partial charge >= 0.3 is 5.69 Å². The quantitative estimate of drug-likeness (QED) is 0.461. The Morgan fingerprint density at radius 3 is 2.89 bits per heavy atom. The molecule has 0 saturated heterocycles. The van der Waals surface area contributed by atoms with Crippen LogP contribution in [-0.4, -0.2) is 11.5 Å². The molecule has 1 aliphatic rings. The van der Waals surface area contributed by atoms with Gasteiger partial charge in [0.1, 0.15) is 0 Å². The molecule has 0 radical (unpaired) electrons. The summed E-state index contributed by atoms with van der Waals surface area (Å²) in [7, 11) is 0. The third-order valence-electron chi connectivity index (χ3n) is 3.23. The minimum atomic E-state index is -0.725. The molecule has 0 bridgehead atoms. The van der Waals surface area contributed by atoms with Gasteiger partial charge in [-0.15, -0.1) is 0 Å². The second-order valence-corrected chi connectivity index (χ2v) is 4.77. The maximum absolute atomic E-state index is 13.7. The molecule has 0 amide bonds. The van der Waals surface area contributed by atoms with Gasteiger partial charge in [-0.05, 0) is 25.3 Å². The summed E-state index contributed by atoms with van der Waals surface area (Å²) < 4.78 is 13.7. The van der Waals surface area contributed by atoms with Crippen molar-refractivity contribution in [1.29, 1.82) is 0 Å². The second kappa shape index (κ2) is 5.91. The minimum absolute atomic E-state index is 0.345. The van der Waals surface area contributed by atoms with Gasteiger partial charge in [-0.25, -0.2) is 0 Å². The summed E-state index contributed by atoms with van der Waals surface area (Å²) in [5.41, 5.74) is -0.0945. The highest BCUT2D eigenvalue weighted by Crippen LogP contribution is 2.33. The molecule has 1 aromatic rings. The normalized spacial score (nSPS) is 14.7. The van der Waals surface area contributed by atoms with Gasteiger partial charge < -0.3 is 5.32 Å². The number of nitrogens with one attached hydrogen (secondary N) is 1. The highest BCUT2D eigenvalue weighted by molar-refractivity contribution is 5.36. The summed E-state index contributed by atoms with van der Waals surface area (Å²) in [5.74, 6) is 0.179. The van der Waals surface area contributed by atoms with E-state index in [0.717, 1.165) is 18.9 Å². The van der Waals surface area contributed by atoms with Crippen molar-refractivity contribution in [2.24, 2.45) is 5.92 Å². The molecule has 4 nitrogen and oxygen atoms in total. The number of nitro groups is 1. The van der Waals surface area contributed by atoms with Crippen LogP contribution in [-0.2, 0) is 6.54 Å². The first-order valence-corrected chi connectivity index (χ1v) is 6.31. The molecule has 5 heteroatoms. The van der Waals surface area contributed by atoms with Crippen molar-refractivity contribution in [3.63, 3.8) is 0 Å². The molecule has 0 heterocycles. The van der Waals surface area contributed by atoms with E-state index in [-0.39, 0.29) is 0 Å². The third kappa shape index (κ3) is 3.50. The smallest absolute Gasteiger partial charge is 0.305 e. The fourth-order valence-corrected chi connectivity index (χ4v) is 1.99. The van der Waals surface area contributed by atoms with E-state index in [1.54, 1.807) is 6.07 Å². The molecule has 2 rings (SSSR count). The van der Waals surface area contributed by atoms with Gasteiger partial charge in [-0.1, -0.05) is 25.0 Å². The Hall–Kier alpha value is -1.49. The summed E-state index contributed by atoms with van der Waals surface area (Å²) in [6.45, 7) is 1.18. The van der Waals surface area contributed by atoms with Crippen LogP contribution in [0.3, 0.4) is 0 Å². The number of halogens is 1. The van der Waals surface area contributed by atoms with Gasteiger partial charge in [0, 0.05) is 18.2 Å². The Morgan fingerprint density at radius 2 is 2.22 bits per heavy atom. The van der Waals surface area contributed by atoms with E-state index in [9.17, 15) is 14.5 Å². The van der Waals surface area contributed by atoms with Crippen molar-refractivity contribution < 1.29 is 9.31 Å². The maximum Gasteiger partial charge on any atom is 0.305 e. The first kappa shape index (κ1) is 13.0. The third-order valence-corrected chi connectivity index (χ3v) is 3.23. The molecular weight excluding hydrogens is 235 g/mol. The van der Waals surface area contributed by atoms with Crippen molar-refractivity contribution in [2.45, 2.75) is 32.2 Å². The van der Waals surface area contributed by atoms with Crippen molar-refractivity contribution in [1.82, 2.24) is 5.32 Å². The molecule has 98 valence electrons. The van der Waals surface area contributed by atoms with Crippen molar-refractivity contribution in [2.75, 3.05) is 6.54 Å². The van der Waals surface area contributed by atoms with E-state index in [1.165, 1.54) is 31.4 Å². The van der Waals surface area contributed by atoms with Crippen LogP contribution in [0.1, 0.15) is 31.2 Å². The average molecular weight is 252 g/mol. The second-order valence-electron chi connectivity index (χ2n) is 4.77. The van der Waals surface area contributed by atoms with E-state index >= 15 is 0 Å². The molecular formula is C13H17FN2O2. The van der Waals surface area contributed by atoms with E-state index in [1.807, 2.05) is 0 Å². The number of benzene rings is 1. The Bertz CT molecular complexity index is 433. The van der Waals surface area contributed by atoms with Gasteiger partial charge in [-0.2, -0.15) is 4.39 Å². The van der Waals surface area contributed by atoms with Crippen LogP contribution in [0, 0.1) is 21.8 Å². The van der Waals surface area contributed by atoms with E-state index in [4.69, 9.17) is 0 Å². The first-order valence-electron chi connectivity index (χ1n) is 6.31. The Balaban J connectivity index is 1.80. The zero-order chi connectivity index (χ0) is 13.0. The summed E-state index contributed by atoms with van der Waals surface area (Å²) in [6.07, 6.45) is 5.00. The standard InChI is InChI=1S/C13H17FN2O2/c14-13-11(4-1-5-12(13)16(17)18)9-15-8-2-3-10-6-7-10/h1,4-5,10,15H,2-3,6-9H2. The van der Waals surface area contributed by atoms with E-state index in [0.29, 0.717) is 12.1 Å². The molecule has 1 aromatic carbocycles. The maximum atomic E-state index is 13.7. The predicted molar refractivity (Wildman–Crippen MR) is 66.7 cm³/mol. The van der Waals surface area contributed by atoms with Crippen LogP contribution in [0.4, 0.5) is 10.1 Å². The zero-order valence-corrected chi connectivity index (χ0v) is 10.2. The Labute approximate surface area is 105 Å². The molecule has 1 aliphatic carbocycles. The lowest BCUT2D eigenvalue weighted by molar-refractivity contribution is -0.387. The summed E-state index contributed by atoms with van der Waals surface area (Å²) in [6, 6.07) is 4.28. The Kier molecular flexibility index (Phi) is 4.25. The lowest BCUT2D eigenvalue weighted by Crippen LogP contribution is -2.16. The summed E-state index contributed by atoms with van der Waals surface area (Å²) in [5, 5.41) is 13.7. The summed E-state index contributed by atoms with van der Waals surface area (Å²) >= 11 is 0. The van der Waals surface area contributed by atoms with Crippen LogP contribution >= 0.6 is 0 Å². The molecule has 0 atom stereocenters. The fraction of sp³-hybridized carbons (Fsp3) is 0.538. The van der Waals surface area contributed by atoms with Crippen molar-refractivity contribution >= 4 is 5.69 Å². The van der Waals surface area contributed by atoms with Crippen LogP contribution < -0.4 is 5.32 Å². The molecule has 0 spiro atoms. The van der Waals surface area contributed by atoms with Gasteiger partial charge in [0.2, 0.25) is 5.82 Å². The number of rotatable bonds is 7. The number of hydrogen-bond acceptors (Lipinski definition) is 3. The molecule has 0 aromatic heterocycles. The minimum Gasteiger partial charge on any atom is -0.313 e. The van der Waals surface area contributed by atoms with Crippen molar-refractivity contribution in [3.8, 4) is 0 Å². The van der Waals surface area contributed by atoms with Gasteiger partial charge in [0.15, 0.2) is 0 Å². The SMILES string of the molecule is O=[N+]([O-])c1cccc(CNCCCC2CC2)c1F. The van der Waals surface area contributed by atoms with Gasteiger partial charge in [-0.3, -0.25) is 10.1 Å².